The lowest BCUT2D eigenvalue weighted by atomic mass is 10.1. The number of thiazole rings is 1. The molecule has 0 radical (unpaired) electrons. The highest BCUT2D eigenvalue weighted by atomic mass is 32.2. The molecule has 0 bridgehead atoms. The SMILES string of the molecule is CC(=O)c1ccc(NS(=O)(=O)c2ccc3c(c2)sc(=O)n3CC(=O)N2CCCC2)cc1. The number of rotatable bonds is 6. The van der Waals surface area contributed by atoms with E-state index in [9.17, 15) is 22.8 Å². The monoisotopic (exact) mass is 459 g/mol. The molecular formula is C21H21N3O5S2. The Balaban J connectivity index is 1.59. The van der Waals surface area contributed by atoms with Crippen LogP contribution in [-0.4, -0.2) is 42.7 Å². The first-order chi connectivity index (χ1) is 14.7. The summed E-state index contributed by atoms with van der Waals surface area (Å²) in [5.41, 5.74) is 1.35. The minimum Gasteiger partial charge on any atom is -0.341 e. The van der Waals surface area contributed by atoms with Gasteiger partial charge in [0, 0.05) is 24.3 Å². The summed E-state index contributed by atoms with van der Waals surface area (Å²) in [6, 6.07) is 10.5. The van der Waals surface area contributed by atoms with Crippen molar-refractivity contribution in [3.8, 4) is 0 Å². The third kappa shape index (κ3) is 4.40. The lowest BCUT2D eigenvalue weighted by molar-refractivity contribution is -0.130. The Bertz CT molecular complexity index is 1320. The number of sulfonamides is 1. The molecule has 1 aliphatic heterocycles. The number of likely N-dealkylation sites (tertiary alicyclic amines) is 1. The smallest absolute Gasteiger partial charge is 0.308 e. The Morgan fingerprint density at radius 1 is 1.06 bits per heavy atom. The summed E-state index contributed by atoms with van der Waals surface area (Å²) >= 11 is 0.912. The summed E-state index contributed by atoms with van der Waals surface area (Å²) in [7, 11) is -3.89. The summed E-state index contributed by atoms with van der Waals surface area (Å²) in [5, 5.41) is 0. The molecule has 0 unspecified atom stereocenters. The van der Waals surface area contributed by atoms with Crippen LogP contribution in [0.25, 0.3) is 10.2 Å². The van der Waals surface area contributed by atoms with Gasteiger partial charge in [0.25, 0.3) is 10.0 Å². The number of benzene rings is 2. The van der Waals surface area contributed by atoms with E-state index in [4.69, 9.17) is 0 Å². The van der Waals surface area contributed by atoms with Crippen LogP contribution in [0.3, 0.4) is 0 Å². The van der Waals surface area contributed by atoms with Crippen LogP contribution in [0.2, 0.25) is 0 Å². The molecule has 1 aromatic heterocycles. The van der Waals surface area contributed by atoms with Crippen molar-refractivity contribution < 1.29 is 18.0 Å². The zero-order chi connectivity index (χ0) is 22.2. The maximum atomic E-state index is 12.8. The van der Waals surface area contributed by atoms with Gasteiger partial charge in [-0.2, -0.15) is 0 Å². The van der Waals surface area contributed by atoms with Crippen LogP contribution in [0.5, 0.6) is 0 Å². The summed E-state index contributed by atoms with van der Waals surface area (Å²) in [6.45, 7) is 2.80. The second-order valence-corrected chi connectivity index (χ2v) is 10.1. The van der Waals surface area contributed by atoms with E-state index in [2.05, 4.69) is 4.72 Å². The van der Waals surface area contributed by atoms with E-state index in [1.165, 1.54) is 35.8 Å². The highest BCUT2D eigenvalue weighted by Crippen LogP contribution is 2.24. The van der Waals surface area contributed by atoms with Crippen molar-refractivity contribution in [1.82, 2.24) is 9.47 Å². The fourth-order valence-corrected chi connectivity index (χ4v) is 5.64. The molecule has 0 saturated carbocycles. The summed E-state index contributed by atoms with van der Waals surface area (Å²) in [4.78, 5) is 37.7. The fraction of sp³-hybridized carbons (Fsp3) is 0.286. The standard InChI is InChI=1S/C21H21N3O5S2/c1-14(25)15-4-6-16(7-5-15)22-31(28,29)17-8-9-18-19(12-17)30-21(27)24(18)13-20(26)23-10-2-3-11-23/h4-9,12,22H,2-3,10-11,13H2,1H3. The number of nitrogens with zero attached hydrogens (tertiary/aromatic N) is 2. The van der Waals surface area contributed by atoms with E-state index in [0.717, 1.165) is 24.2 Å². The average Bonchev–Trinajstić information content (AvgIpc) is 3.36. The van der Waals surface area contributed by atoms with Crippen molar-refractivity contribution in [3.63, 3.8) is 0 Å². The summed E-state index contributed by atoms with van der Waals surface area (Å²) in [5.74, 6) is -0.214. The molecule has 1 fully saturated rings. The third-order valence-corrected chi connectivity index (χ3v) is 7.57. The van der Waals surface area contributed by atoms with Crippen molar-refractivity contribution in [3.05, 3.63) is 57.7 Å². The van der Waals surface area contributed by atoms with E-state index in [1.807, 2.05) is 0 Å². The van der Waals surface area contributed by atoms with Crippen LogP contribution in [0.4, 0.5) is 5.69 Å². The number of Topliss-reactive ketones (excluding diaryl/α,β-unsaturated/α-hetero) is 1. The largest absolute Gasteiger partial charge is 0.341 e. The number of nitrogens with one attached hydrogen (secondary N) is 1. The van der Waals surface area contributed by atoms with Crippen molar-refractivity contribution in [2.45, 2.75) is 31.2 Å². The molecule has 2 heterocycles. The van der Waals surface area contributed by atoms with Gasteiger partial charge >= 0.3 is 4.87 Å². The number of carbonyl (C=O) groups excluding carboxylic acids is 2. The number of carbonyl (C=O) groups is 2. The molecule has 1 N–H and O–H groups in total. The number of fused-ring (bicyclic) bond motifs is 1. The number of amides is 1. The van der Waals surface area contributed by atoms with E-state index in [-0.39, 0.29) is 28.0 Å². The van der Waals surface area contributed by atoms with Gasteiger partial charge in [0.15, 0.2) is 5.78 Å². The van der Waals surface area contributed by atoms with Gasteiger partial charge in [-0.25, -0.2) is 8.42 Å². The number of aromatic nitrogens is 1. The lowest BCUT2D eigenvalue weighted by Gasteiger charge is -2.15. The van der Waals surface area contributed by atoms with Crippen LogP contribution in [0.15, 0.2) is 52.2 Å². The molecule has 1 amide bonds. The molecule has 0 spiro atoms. The number of anilines is 1. The van der Waals surface area contributed by atoms with Gasteiger partial charge in [-0.15, -0.1) is 0 Å². The maximum absolute atomic E-state index is 12.8. The second-order valence-electron chi connectivity index (χ2n) is 7.41. The topological polar surface area (TPSA) is 106 Å². The quantitative estimate of drug-likeness (QED) is 0.571. The molecule has 4 rings (SSSR count). The first kappa shape index (κ1) is 21.3. The van der Waals surface area contributed by atoms with Crippen LogP contribution < -0.4 is 9.60 Å². The van der Waals surface area contributed by atoms with Gasteiger partial charge in [0.1, 0.15) is 6.54 Å². The number of hydrogen-bond donors (Lipinski definition) is 1. The molecule has 8 nitrogen and oxygen atoms in total. The van der Waals surface area contributed by atoms with E-state index in [1.54, 1.807) is 23.1 Å². The highest BCUT2D eigenvalue weighted by Gasteiger charge is 2.21. The average molecular weight is 460 g/mol. The van der Waals surface area contributed by atoms with Crippen LogP contribution in [-0.2, 0) is 21.4 Å². The third-order valence-electron chi connectivity index (χ3n) is 5.25. The van der Waals surface area contributed by atoms with Gasteiger partial charge in [0.05, 0.1) is 15.1 Å². The molecule has 2 aromatic carbocycles. The van der Waals surface area contributed by atoms with Crippen LogP contribution >= 0.6 is 11.3 Å². The molecule has 0 atom stereocenters. The minimum absolute atomic E-state index is 0.00918. The molecule has 31 heavy (non-hydrogen) atoms. The highest BCUT2D eigenvalue weighted by molar-refractivity contribution is 7.92. The molecule has 0 aliphatic carbocycles. The predicted molar refractivity (Wildman–Crippen MR) is 119 cm³/mol. The molecule has 3 aromatic rings. The number of hydrogen-bond acceptors (Lipinski definition) is 6. The normalized spacial score (nSPS) is 14.2. The van der Waals surface area contributed by atoms with Crippen LogP contribution in [0, 0.1) is 0 Å². The Hall–Kier alpha value is -2.98. The minimum atomic E-state index is -3.89. The first-order valence-electron chi connectivity index (χ1n) is 9.79. The Labute approximate surface area is 183 Å². The van der Waals surface area contributed by atoms with Gasteiger partial charge in [-0.1, -0.05) is 11.3 Å². The van der Waals surface area contributed by atoms with Gasteiger partial charge in [-0.05, 0) is 62.2 Å². The summed E-state index contributed by atoms with van der Waals surface area (Å²) in [6.07, 6.45) is 1.94. The van der Waals surface area contributed by atoms with Crippen molar-refractivity contribution in [2.75, 3.05) is 17.8 Å². The lowest BCUT2D eigenvalue weighted by Crippen LogP contribution is -2.33. The zero-order valence-corrected chi connectivity index (χ0v) is 18.5. The molecule has 10 heteroatoms. The molecular weight excluding hydrogens is 438 g/mol. The first-order valence-corrected chi connectivity index (χ1v) is 12.1. The van der Waals surface area contributed by atoms with Crippen LogP contribution in [0.1, 0.15) is 30.1 Å². The maximum Gasteiger partial charge on any atom is 0.308 e. The summed E-state index contributed by atoms with van der Waals surface area (Å²) < 4.78 is 29.9. The molecule has 162 valence electrons. The zero-order valence-electron chi connectivity index (χ0n) is 16.8. The molecule has 1 aliphatic rings. The van der Waals surface area contributed by atoms with Gasteiger partial charge in [-0.3, -0.25) is 23.7 Å². The molecule has 1 saturated heterocycles. The second kappa shape index (κ2) is 8.27. The Morgan fingerprint density at radius 3 is 2.39 bits per heavy atom. The van der Waals surface area contributed by atoms with E-state index >= 15 is 0 Å². The van der Waals surface area contributed by atoms with Crippen molar-refractivity contribution >= 4 is 49.0 Å². The predicted octanol–water partition coefficient (Wildman–Crippen LogP) is 2.69. The van der Waals surface area contributed by atoms with E-state index < -0.39 is 10.0 Å². The van der Waals surface area contributed by atoms with Gasteiger partial charge in [0.2, 0.25) is 5.91 Å². The fourth-order valence-electron chi connectivity index (χ4n) is 3.55. The van der Waals surface area contributed by atoms with Crippen molar-refractivity contribution in [2.24, 2.45) is 0 Å². The van der Waals surface area contributed by atoms with E-state index in [0.29, 0.717) is 34.6 Å². The van der Waals surface area contributed by atoms with Crippen molar-refractivity contribution in [1.29, 1.82) is 0 Å². The van der Waals surface area contributed by atoms with Gasteiger partial charge < -0.3 is 4.90 Å². The number of ketones is 1. The Morgan fingerprint density at radius 2 is 1.74 bits per heavy atom. The Kier molecular flexibility index (Phi) is 5.67.